The fraction of sp³-hybridized carbons (Fsp3) is 0.923. The van der Waals surface area contributed by atoms with Crippen LogP contribution >= 0.6 is 0 Å². The standard InChI is InChI=1S/C13H26N2O/c1-4-8-14-11(3)13(16)15(9-5-2)10-12-6-7-12/h11-12,14H,4-10H2,1-3H3. The van der Waals surface area contributed by atoms with Crippen LogP contribution in [0.3, 0.4) is 0 Å². The molecule has 0 radical (unpaired) electrons. The summed E-state index contributed by atoms with van der Waals surface area (Å²) in [5, 5.41) is 3.27. The smallest absolute Gasteiger partial charge is 0.239 e. The van der Waals surface area contributed by atoms with E-state index in [9.17, 15) is 4.79 Å². The van der Waals surface area contributed by atoms with Gasteiger partial charge in [-0.25, -0.2) is 0 Å². The van der Waals surface area contributed by atoms with Crippen molar-refractivity contribution in [3.8, 4) is 0 Å². The Labute approximate surface area is 99.6 Å². The van der Waals surface area contributed by atoms with Gasteiger partial charge in [0.2, 0.25) is 5.91 Å². The van der Waals surface area contributed by atoms with Crippen LogP contribution in [0.5, 0.6) is 0 Å². The van der Waals surface area contributed by atoms with E-state index in [2.05, 4.69) is 19.2 Å². The van der Waals surface area contributed by atoms with Crippen LogP contribution in [0.1, 0.15) is 46.5 Å². The van der Waals surface area contributed by atoms with Crippen molar-refractivity contribution in [1.82, 2.24) is 10.2 Å². The van der Waals surface area contributed by atoms with Gasteiger partial charge in [-0.1, -0.05) is 13.8 Å². The summed E-state index contributed by atoms with van der Waals surface area (Å²) in [6.45, 7) is 9.05. The van der Waals surface area contributed by atoms with Gasteiger partial charge < -0.3 is 10.2 Å². The molecule has 0 aromatic rings. The molecule has 1 aliphatic rings. The summed E-state index contributed by atoms with van der Waals surface area (Å²) in [7, 11) is 0. The van der Waals surface area contributed by atoms with Gasteiger partial charge in [0.15, 0.2) is 0 Å². The van der Waals surface area contributed by atoms with Crippen LogP contribution in [0.25, 0.3) is 0 Å². The topological polar surface area (TPSA) is 32.3 Å². The number of carbonyl (C=O) groups excluding carboxylic acids is 1. The Balaban J connectivity index is 2.37. The van der Waals surface area contributed by atoms with Crippen LogP contribution < -0.4 is 5.32 Å². The molecule has 0 spiro atoms. The van der Waals surface area contributed by atoms with Crippen molar-refractivity contribution in [1.29, 1.82) is 0 Å². The van der Waals surface area contributed by atoms with E-state index < -0.39 is 0 Å². The van der Waals surface area contributed by atoms with Crippen LogP contribution in [0.4, 0.5) is 0 Å². The fourth-order valence-corrected chi connectivity index (χ4v) is 1.90. The van der Waals surface area contributed by atoms with Crippen molar-refractivity contribution in [3.05, 3.63) is 0 Å². The highest BCUT2D eigenvalue weighted by molar-refractivity contribution is 5.81. The molecule has 0 aliphatic heterocycles. The monoisotopic (exact) mass is 226 g/mol. The maximum absolute atomic E-state index is 12.2. The highest BCUT2D eigenvalue weighted by Gasteiger charge is 2.28. The molecule has 16 heavy (non-hydrogen) atoms. The van der Waals surface area contributed by atoms with Crippen molar-refractivity contribution >= 4 is 5.91 Å². The first kappa shape index (κ1) is 13.5. The lowest BCUT2D eigenvalue weighted by molar-refractivity contribution is -0.133. The minimum atomic E-state index is -0.0229. The second kappa shape index (κ2) is 6.89. The van der Waals surface area contributed by atoms with Gasteiger partial charge >= 0.3 is 0 Å². The van der Waals surface area contributed by atoms with E-state index in [-0.39, 0.29) is 11.9 Å². The first-order chi connectivity index (χ1) is 7.69. The maximum atomic E-state index is 12.2. The average Bonchev–Trinajstić information content (AvgIpc) is 3.08. The maximum Gasteiger partial charge on any atom is 0.239 e. The molecule has 0 heterocycles. The number of hydrogen-bond acceptors (Lipinski definition) is 2. The Bertz CT molecular complexity index is 214. The molecule has 1 fully saturated rings. The third-order valence-corrected chi connectivity index (χ3v) is 3.05. The lowest BCUT2D eigenvalue weighted by atomic mass is 10.2. The number of nitrogens with one attached hydrogen (secondary N) is 1. The first-order valence-corrected chi connectivity index (χ1v) is 6.71. The van der Waals surface area contributed by atoms with Crippen molar-refractivity contribution in [2.75, 3.05) is 19.6 Å². The van der Waals surface area contributed by atoms with Gasteiger partial charge in [-0.05, 0) is 45.1 Å². The van der Waals surface area contributed by atoms with Gasteiger partial charge in [0, 0.05) is 13.1 Å². The molecule has 1 aliphatic carbocycles. The van der Waals surface area contributed by atoms with Crippen molar-refractivity contribution in [3.63, 3.8) is 0 Å². The van der Waals surface area contributed by atoms with Gasteiger partial charge in [-0.3, -0.25) is 4.79 Å². The SMILES string of the molecule is CCCNC(C)C(=O)N(CCC)CC1CC1. The van der Waals surface area contributed by atoms with E-state index in [1.807, 2.05) is 11.8 Å². The van der Waals surface area contributed by atoms with Gasteiger partial charge in [-0.2, -0.15) is 0 Å². The molecule has 94 valence electrons. The molecule has 1 amide bonds. The van der Waals surface area contributed by atoms with Crippen LogP contribution in [0.2, 0.25) is 0 Å². The summed E-state index contributed by atoms with van der Waals surface area (Å²) in [6, 6.07) is -0.0229. The van der Waals surface area contributed by atoms with Crippen LogP contribution in [0.15, 0.2) is 0 Å². The number of hydrogen-bond donors (Lipinski definition) is 1. The normalized spacial score (nSPS) is 17.2. The minimum Gasteiger partial charge on any atom is -0.341 e. The molecule has 0 aromatic carbocycles. The minimum absolute atomic E-state index is 0.0229. The Hall–Kier alpha value is -0.570. The zero-order valence-corrected chi connectivity index (χ0v) is 11.0. The Morgan fingerprint density at radius 3 is 2.56 bits per heavy atom. The molecule has 1 N–H and O–H groups in total. The lowest BCUT2D eigenvalue weighted by Gasteiger charge is -2.26. The van der Waals surface area contributed by atoms with Crippen molar-refractivity contribution in [2.45, 2.75) is 52.5 Å². The van der Waals surface area contributed by atoms with Crippen LogP contribution in [-0.2, 0) is 4.79 Å². The number of amides is 1. The fourth-order valence-electron chi connectivity index (χ4n) is 1.90. The number of carbonyl (C=O) groups is 1. The summed E-state index contributed by atoms with van der Waals surface area (Å²) in [4.78, 5) is 14.2. The van der Waals surface area contributed by atoms with E-state index in [4.69, 9.17) is 0 Å². The zero-order chi connectivity index (χ0) is 12.0. The summed E-state index contributed by atoms with van der Waals surface area (Å²) < 4.78 is 0. The molecule has 3 nitrogen and oxygen atoms in total. The number of nitrogens with zero attached hydrogens (tertiary/aromatic N) is 1. The van der Waals surface area contributed by atoms with E-state index in [0.717, 1.165) is 38.4 Å². The van der Waals surface area contributed by atoms with E-state index in [1.54, 1.807) is 0 Å². The molecule has 0 bridgehead atoms. The largest absolute Gasteiger partial charge is 0.341 e. The Morgan fingerprint density at radius 2 is 2.06 bits per heavy atom. The van der Waals surface area contributed by atoms with Gasteiger partial charge in [0.25, 0.3) is 0 Å². The van der Waals surface area contributed by atoms with Gasteiger partial charge in [0.1, 0.15) is 0 Å². The first-order valence-electron chi connectivity index (χ1n) is 6.71. The highest BCUT2D eigenvalue weighted by Crippen LogP contribution is 2.29. The molecule has 0 saturated heterocycles. The molecule has 1 unspecified atom stereocenters. The average molecular weight is 226 g/mol. The Kier molecular flexibility index (Phi) is 5.81. The molecular weight excluding hydrogens is 200 g/mol. The summed E-state index contributed by atoms with van der Waals surface area (Å²) in [5.74, 6) is 1.07. The molecule has 1 atom stereocenters. The molecule has 1 saturated carbocycles. The molecular formula is C13H26N2O. The Morgan fingerprint density at radius 1 is 1.38 bits per heavy atom. The zero-order valence-electron chi connectivity index (χ0n) is 11.0. The third-order valence-electron chi connectivity index (χ3n) is 3.05. The van der Waals surface area contributed by atoms with Crippen molar-refractivity contribution in [2.24, 2.45) is 5.92 Å². The van der Waals surface area contributed by atoms with E-state index in [1.165, 1.54) is 12.8 Å². The van der Waals surface area contributed by atoms with Crippen molar-refractivity contribution < 1.29 is 4.79 Å². The second-order valence-corrected chi connectivity index (χ2v) is 4.90. The predicted molar refractivity (Wildman–Crippen MR) is 67.4 cm³/mol. The van der Waals surface area contributed by atoms with Crippen LogP contribution in [0, 0.1) is 5.92 Å². The quantitative estimate of drug-likeness (QED) is 0.687. The predicted octanol–water partition coefficient (Wildman–Crippen LogP) is 2.02. The summed E-state index contributed by atoms with van der Waals surface area (Å²) in [5.41, 5.74) is 0. The highest BCUT2D eigenvalue weighted by atomic mass is 16.2. The van der Waals surface area contributed by atoms with E-state index >= 15 is 0 Å². The van der Waals surface area contributed by atoms with Gasteiger partial charge in [0.05, 0.1) is 6.04 Å². The van der Waals surface area contributed by atoms with E-state index in [0.29, 0.717) is 0 Å². The molecule has 1 rings (SSSR count). The van der Waals surface area contributed by atoms with Crippen LogP contribution in [-0.4, -0.2) is 36.5 Å². The molecule has 0 aromatic heterocycles. The molecule has 3 heteroatoms. The second-order valence-electron chi connectivity index (χ2n) is 4.90. The summed E-state index contributed by atoms with van der Waals surface area (Å²) in [6.07, 6.45) is 4.75. The van der Waals surface area contributed by atoms with Gasteiger partial charge in [-0.15, -0.1) is 0 Å². The summed E-state index contributed by atoms with van der Waals surface area (Å²) >= 11 is 0. The third kappa shape index (κ3) is 4.52. The lowest BCUT2D eigenvalue weighted by Crippen LogP contribution is -2.46. The number of rotatable bonds is 8.